The molecule has 0 spiro atoms. The van der Waals surface area contributed by atoms with E-state index in [4.69, 9.17) is 4.74 Å². The van der Waals surface area contributed by atoms with E-state index in [1.807, 2.05) is 6.07 Å². The lowest BCUT2D eigenvalue weighted by molar-refractivity contribution is 0.393. The van der Waals surface area contributed by atoms with Gasteiger partial charge in [0, 0.05) is 18.8 Å². The maximum atomic E-state index is 9.30. The van der Waals surface area contributed by atoms with Gasteiger partial charge in [-0.2, -0.15) is 10.4 Å². The SMILES string of the molecule is CCCc1nc(OC)cnc1Cc1ccnn1-c1ncccc1C#N. The van der Waals surface area contributed by atoms with Crippen LogP contribution in [-0.4, -0.2) is 31.8 Å². The van der Waals surface area contributed by atoms with E-state index in [1.54, 1.807) is 42.5 Å². The summed E-state index contributed by atoms with van der Waals surface area (Å²) in [4.78, 5) is 13.3. The summed E-state index contributed by atoms with van der Waals surface area (Å²) in [7, 11) is 1.58. The monoisotopic (exact) mass is 334 g/mol. The van der Waals surface area contributed by atoms with E-state index in [0.29, 0.717) is 23.7 Å². The quantitative estimate of drug-likeness (QED) is 0.688. The van der Waals surface area contributed by atoms with Crippen molar-refractivity contribution in [2.24, 2.45) is 0 Å². The average Bonchev–Trinajstić information content (AvgIpc) is 3.11. The molecule has 3 aromatic heterocycles. The number of nitriles is 1. The van der Waals surface area contributed by atoms with E-state index in [1.165, 1.54) is 0 Å². The lowest BCUT2D eigenvalue weighted by Gasteiger charge is -2.11. The van der Waals surface area contributed by atoms with E-state index in [2.05, 4.69) is 33.0 Å². The van der Waals surface area contributed by atoms with Gasteiger partial charge in [0.15, 0.2) is 5.82 Å². The number of hydrogen-bond acceptors (Lipinski definition) is 6. The molecule has 0 N–H and O–H groups in total. The molecule has 0 fully saturated rings. The van der Waals surface area contributed by atoms with Crippen molar-refractivity contribution < 1.29 is 4.74 Å². The molecule has 0 unspecified atom stereocenters. The highest BCUT2D eigenvalue weighted by Gasteiger charge is 2.14. The standard InChI is InChI=1S/C18H18N6O/c1-3-5-15-16(21-12-17(23-15)25-2)10-14-7-9-22-24(14)18-13(11-19)6-4-8-20-18/h4,6-9,12H,3,5,10H2,1-2H3. The molecule has 0 atom stereocenters. The molecule has 0 saturated carbocycles. The van der Waals surface area contributed by atoms with Gasteiger partial charge < -0.3 is 4.74 Å². The second kappa shape index (κ2) is 7.53. The molecule has 7 heteroatoms. The molecule has 3 rings (SSSR count). The number of aryl methyl sites for hydroxylation is 1. The van der Waals surface area contributed by atoms with Crippen LogP contribution in [0, 0.1) is 11.3 Å². The first-order valence-corrected chi connectivity index (χ1v) is 8.04. The Morgan fingerprint density at radius 2 is 2.08 bits per heavy atom. The Morgan fingerprint density at radius 1 is 1.20 bits per heavy atom. The van der Waals surface area contributed by atoms with Crippen LogP contribution in [-0.2, 0) is 12.8 Å². The third kappa shape index (κ3) is 3.48. The molecular formula is C18H18N6O. The summed E-state index contributed by atoms with van der Waals surface area (Å²) in [5.74, 6) is 1.03. The molecule has 3 heterocycles. The molecule has 0 aliphatic rings. The summed E-state index contributed by atoms with van der Waals surface area (Å²) in [6.45, 7) is 2.10. The van der Waals surface area contributed by atoms with Crippen LogP contribution in [0.25, 0.3) is 5.82 Å². The Morgan fingerprint density at radius 3 is 2.84 bits per heavy atom. The minimum absolute atomic E-state index is 0.474. The third-order valence-electron chi connectivity index (χ3n) is 3.78. The number of ether oxygens (including phenoxy) is 1. The predicted octanol–water partition coefficient (Wildman–Crippen LogP) is 2.48. The fourth-order valence-corrected chi connectivity index (χ4v) is 2.60. The fourth-order valence-electron chi connectivity index (χ4n) is 2.60. The Kier molecular flexibility index (Phi) is 5.00. The maximum Gasteiger partial charge on any atom is 0.232 e. The van der Waals surface area contributed by atoms with Gasteiger partial charge >= 0.3 is 0 Å². The van der Waals surface area contributed by atoms with Crippen LogP contribution in [0.4, 0.5) is 0 Å². The maximum absolute atomic E-state index is 9.30. The van der Waals surface area contributed by atoms with Crippen molar-refractivity contribution in [1.82, 2.24) is 24.7 Å². The fraction of sp³-hybridized carbons (Fsp3) is 0.278. The highest BCUT2D eigenvalue weighted by molar-refractivity contribution is 5.43. The highest BCUT2D eigenvalue weighted by Crippen LogP contribution is 2.18. The van der Waals surface area contributed by atoms with Crippen LogP contribution < -0.4 is 4.74 Å². The molecule has 0 radical (unpaired) electrons. The van der Waals surface area contributed by atoms with Crippen molar-refractivity contribution in [3.05, 3.63) is 59.4 Å². The van der Waals surface area contributed by atoms with Crippen molar-refractivity contribution in [2.45, 2.75) is 26.2 Å². The first-order valence-electron chi connectivity index (χ1n) is 8.04. The zero-order chi connectivity index (χ0) is 17.6. The molecule has 0 amide bonds. The van der Waals surface area contributed by atoms with Crippen LogP contribution in [0.2, 0.25) is 0 Å². The molecule has 25 heavy (non-hydrogen) atoms. The Balaban J connectivity index is 1.98. The van der Waals surface area contributed by atoms with Crippen molar-refractivity contribution in [3.8, 4) is 17.8 Å². The minimum Gasteiger partial charge on any atom is -0.480 e. The van der Waals surface area contributed by atoms with Gasteiger partial charge in [0.05, 0.1) is 36.0 Å². The molecule has 0 bridgehead atoms. The smallest absolute Gasteiger partial charge is 0.232 e. The summed E-state index contributed by atoms with van der Waals surface area (Å²) >= 11 is 0. The van der Waals surface area contributed by atoms with Crippen LogP contribution >= 0.6 is 0 Å². The number of hydrogen-bond donors (Lipinski definition) is 0. The zero-order valence-corrected chi connectivity index (χ0v) is 14.2. The molecule has 0 aliphatic heterocycles. The van der Waals surface area contributed by atoms with E-state index >= 15 is 0 Å². The Labute approximate surface area is 146 Å². The Hall–Kier alpha value is -3.27. The number of nitrogens with zero attached hydrogens (tertiary/aromatic N) is 6. The second-order valence-corrected chi connectivity index (χ2v) is 5.45. The molecule has 0 aliphatic carbocycles. The number of pyridine rings is 1. The first kappa shape index (κ1) is 16.6. The molecule has 126 valence electrons. The van der Waals surface area contributed by atoms with Gasteiger partial charge in [0.1, 0.15) is 6.07 Å². The van der Waals surface area contributed by atoms with Crippen molar-refractivity contribution in [1.29, 1.82) is 5.26 Å². The van der Waals surface area contributed by atoms with Crippen LogP contribution in [0.1, 0.15) is 36.0 Å². The van der Waals surface area contributed by atoms with Gasteiger partial charge in [-0.3, -0.25) is 4.98 Å². The summed E-state index contributed by atoms with van der Waals surface area (Å²) in [5.41, 5.74) is 3.16. The van der Waals surface area contributed by atoms with Crippen molar-refractivity contribution in [3.63, 3.8) is 0 Å². The van der Waals surface area contributed by atoms with E-state index in [9.17, 15) is 5.26 Å². The van der Waals surface area contributed by atoms with Crippen LogP contribution in [0.5, 0.6) is 5.88 Å². The highest BCUT2D eigenvalue weighted by atomic mass is 16.5. The van der Waals surface area contributed by atoms with Gasteiger partial charge in [0.25, 0.3) is 0 Å². The Bertz CT molecular complexity index is 912. The van der Waals surface area contributed by atoms with Crippen LogP contribution in [0.3, 0.4) is 0 Å². The number of methoxy groups -OCH3 is 1. The van der Waals surface area contributed by atoms with Crippen molar-refractivity contribution >= 4 is 0 Å². The summed E-state index contributed by atoms with van der Waals surface area (Å²) < 4.78 is 6.86. The van der Waals surface area contributed by atoms with E-state index in [-0.39, 0.29) is 0 Å². The van der Waals surface area contributed by atoms with Gasteiger partial charge in [-0.1, -0.05) is 13.3 Å². The first-order chi connectivity index (χ1) is 12.3. The van der Waals surface area contributed by atoms with Gasteiger partial charge in [0.2, 0.25) is 5.88 Å². The second-order valence-electron chi connectivity index (χ2n) is 5.45. The number of rotatable bonds is 6. The normalized spacial score (nSPS) is 10.4. The summed E-state index contributed by atoms with van der Waals surface area (Å²) in [6, 6.07) is 7.52. The number of aromatic nitrogens is 5. The zero-order valence-electron chi connectivity index (χ0n) is 14.2. The molecule has 3 aromatic rings. The van der Waals surface area contributed by atoms with Crippen molar-refractivity contribution in [2.75, 3.05) is 7.11 Å². The summed E-state index contributed by atoms with van der Waals surface area (Å²) in [6.07, 6.45) is 7.30. The summed E-state index contributed by atoms with van der Waals surface area (Å²) in [5, 5.41) is 13.6. The van der Waals surface area contributed by atoms with E-state index in [0.717, 1.165) is 29.9 Å². The predicted molar refractivity (Wildman–Crippen MR) is 91.5 cm³/mol. The average molecular weight is 334 g/mol. The third-order valence-corrected chi connectivity index (χ3v) is 3.78. The molecule has 0 saturated heterocycles. The van der Waals surface area contributed by atoms with E-state index < -0.39 is 0 Å². The van der Waals surface area contributed by atoms with Crippen LogP contribution in [0.15, 0.2) is 36.8 Å². The van der Waals surface area contributed by atoms with Gasteiger partial charge in [-0.05, 0) is 24.6 Å². The molecule has 0 aromatic carbocycles. The largest absolute Gasteiger partial charge is 0.480 e. The molecule has 7 nitrogen and oxygen atoms in total. The van der Waals surface area contributed by atoms with Gasteiger partial charge in [-0.15, -0.1) is 0 Å². The topological polar surface area (TPSA) is 89.5 Å². The molecular weight excluding hydrogens is 316 g/mol. The minimum atomic E-state index is 0.474. The van der Waals surface area contributed by atoms with Gasteiger partial charge in [-0.25, -0.2) is 14.6 Å². The lowest BCUT2D eigenvalue weighted by Crippen LogP contribution is -2.10. The lowest BCUT2D eigenvalue weighted by atomic mass is 10.1.